The predicted octanol–water partition coefficient (Wildman–Crippen LogP) is 1.57. The van der Waals surface area contributed by atoms with Crippen molar-refractivity contribution < 1.29 is 14.6 Å². The Labute approximate surface area is 139 Å². The molecule has 0 spiro atoms. The van der Waals surface area contributed by atoms with Gasteiger partial charge in [-0.15, -0.1) is 0 Å². The van der Waals surface area contributed by atoms with Gasteiger partial charge in [-0.1, -0.05) is 17.7 Å². The molecule has 2 N–H and O–H groups in total. The second-order valence-corrected chi connectivity index (χ2v) is 6.33. The van der Waals surface area contributed by atoms with E-state index in [9.17, 15) is 9.90 Å². The van der Waals surface area contributed by atoms with Crippen molar-refractivity contribution in [1.29, 1.82) is 0 Å². The maximum atomic E-state index is 12.3. The number of aryl methyl sites for hydroxylation is 1. The smallest absolute Gasteiger partial charge is 0.271 e. The molecule has 1 aliphatic heterocycles. The molecule has 0 aliphatic carbocycles. The van der Waals surface area contributed by atoms with Gasteiger partial charge in [0.2, 0.25) is 0 Å². The molecule has 6 nitrogen and oxygen atoms in total. The number of rotatable bonds is 5. The van der Waals surface area contributed by atoms with Crippen LogP contribution in [-0.2, 0) is 4.74 Å². The van der Waals surface area contributed by atoms with E-state index in [0.29, 0.717) is 30.5 Å². The molecule has 0 unspecified atom stereocenters. The molecule has 2 aromatic rings. The lowest BCUT2D eigenvalue weighted by Gasteiger charge is -2.39. The van der Waals surface area contributed by atoms with Crippen LogP contribution in [0.3, 0.4) is 0 Å². The van der Waals surface area contributed by atoms with Crippen LogP contribution in [0.5, 0.6) is 0 Å². The summed E-state index contributed by atoms with van der Waals surface area (Å²) in [5.41, 5.74) is 1.60. The summed E-state index contributed by atoms with van der Waals surface area (Å²) in [4.78, 5) is 12.3. The quantitative estimate of drug-likeness (QED) is 0.869. The van der Waals surface area contributed by atoms with Crippen molar-refractivity contribution >= 4 is 17.5 Å². The van der Waals surface area contributed by atoms with Crippen molar-refractivity contribution in [1.82, 2.24) is 15.1 Å². The number of aromatic nitrogens is 2. The summed E-state index contributed by atoms with van der Waals surface area (Å²) in [6.45, 7) is 3.15. The monoisotopic (exact) mass is 335 g/mol. The van der Waals surface area contributed by atoms with E-state index in [4.69, 9.17) is 16.3 Å². The number of amides is 1. The largest absolute Gasteiger partial charge is 0.396 e. The average Bonchev–Trinajstić information content (AvgIpc) is 2.88. The zero-order valence-corrected chi connectivity index (χ0v) is 13.5. The van der Waals surface area contributed by atoms with Gasteiger partial charge in [0, 0.05) is 17.3 Å². The minimum Gasteiger partial charge on any atom is -0.396 e. The summed E-state index contributed by atoms with van der Waals surface area (Å²) < 4.78 is 6.79. The molecule has 2 heterocycles. The number of halogens is 1. The summed E-state index contributed by atoms with van der Waals surface area (Å²) in [6, 6.07) is 9.00. The Morgan fingerprint density at radius 2 is 2.26 bits per heavy atom. The van der Waals surface area contributed by atoms with Crippen LogP contribution in [0.1, 0.15) is 16.2 Å². The predicted molar refractivity (Wildman–Crippen MR) is 86.0 cm³/mol. The number of hydrogen-bond acceptors (Lipinski definition) is 4. The van der Waals surface area contributed by atoms with Crippen LogP contribution in [0.25, 0.3) is 5.69 Å². The van der Waals surface area contributed by atoms with Crippen molar-refractivity contribution in [2.45, 2.75) is 6.92 Å². The number of ether oxygens (including phenoxy) is 1. The number of hydrogen-bond donors (Lipinski definition) is 2. The molecule has 1 fully saturated rings. The first-order chi connectivity index (χ1) is 11.0. The Balaban J connectivity index is 1.74. The highest BCUT2D eigenvalue weighted by Gasteiger charge is 2.38. The number of carbonyl (C=O) groups is 1. The second-order valence-electron chi connectivity index (χ2n) is 5.90. The summed E-state index contributed by atoms with van der Waals surface area (Å²) in [5.74, 6) is -0.270. The lowest BCUT2D eigenvalue weighted by Crippen LogP contribution is -2.53. The van der Waals surface area contributed by atoms with Crippen LogP contribution in [-0.4, -0.2) is 47.2 Å². The van der Waals surface area contributed by atoms with Crippen molar-refractivity contribution in [3.8, 4) is 5.69 Å². The van der Waals surface area contributed by atoms with Gasteiger partial charge in [-0.25, -0.2) is 4.68 Å². The fourth-order valence-corrected chi connectivity index (χ4v) is 2.64. The highest BCUT2D eigenvalue weighted by atomic mass is 35.5. The zero-order chi connectivity index (χ0) is 16.4. The molecule has 0 radical (unpaired) electrons. The number of nitrogens with one attached hydrogen (secondary N) is 1. The number of carbonyl (C=O) groups excluding carboxylic acids is 1. The average molecular weight is 336 g/mol. The van der Waals surface area contributed by atoms with E-state index >= 15 is 0 Å². The minimum absolute atomic E-state index is 0.0107. The molecular weight excluding hydrogens is 318 g/mol. The molecule has 1 aromatic carbocycles. The molecule has 7 heteroatoms. The van der Waals surface area contributed by atoms with E-state index in [0.717, 1.165) is 11.4 Å². The van der Waals surface area contributed by atoms with Gasteiger partial charge in [0.15, 0.2) is 5.69 Å². The first-order valence-corrected chi connectivity index (χ1v) is 7.70. The maximum absolute atomic E-state index is 12.3. The third kappa shape index (κ3) is 3.24. The van der Waals surface area contributed by atoms with Gasteiger partial charge in [-0.2, -0.15) is 5.10 Å². The van der Waals surface area contributed by atoms with Crippen LogP contribution in [0.2, 0.25) is 5.02 Å². The molecule has 1 amide bonds. The Hall–Kier alpha value is -1.89. The van der Waals surface area contributed by atoms with Gasteiger partial charge in [0.1, 0.15) is 0 Å². The highest BCUT2D eigenvalue weighted by molar-refractivity contribution is 6.30. The molecule has 0 saturated carbocycles. The fourth-order valence-electron chi connectivity index (χ4n) is 2.45. The maximum Gasteiger partial charge on any atom is 0.271 e. The van der Waals surface area contributed by atoms with Gasteiger partial charge in [0.25, 0.3) is 5.91 Å². The normalized spacial score (nSPS) is 16.0. The summed E-state index contributed by atoms with van der Waals surface area (Å²) in [7, 11) is 0. The summed E-state index contributed by atoms with van der Waals surface area (Å²) in [6.07, 6.45) is 0. The fraction of sp³-hybridized carbons (Fsp3) is 0.375. The van der Waals surface area contributed by atoms with Crippen molar-refractivity contribution in [2.24, 2.45) is 5.41 Å². The number of benzene rings is 1. The Bertz CT molecular complexity index is 720. The molecule has 23 heavy (non-hydrogen) atoms. The minimum atomic E-state index is -0.361. The van der Waals surface area contributed by atoms with E-state index in [-0.39, 0.29) is 17.9 Å². The van der Waals surface area contributed by atoms with Crippen molar-refractivity contribution in [3.63, 3.8) is 0 Å². The van der Waals surface area contributed by atoms with E-state index < -0.39 is 0 Å². The summed E-state index contributed by atoms with van der Waals surface area (Å²) >= 11 is 6.00. The van der Waals surface area contributed by atoms with E-state index in [1.54, 1.807) is 22.9 Å². The van der Waals surface area contributed by atoms with E-state index in [1.165, 1.54) is 0 Å². The SMILES string of the molecule is Cc1cc(C(=O)NCC2(CO)COC2)nn1-c1cccc(Cl)c1. The molecule has 0 atom stereocenters. The third-order valence-corrected chi connectivity index (χ3v) is 4.18. The lowest BCUT2D eigenvalue weighted by atomic mass is 9.87. The van der Waals surface area contributed by atoms with Gasteiger partial charge in [-0.3, -0.25) is 4.79 Å². The van der Waals surface area contributed by atoms with Crippen LogP contribution >= 0.6 is 11.6 Å². The highest BCUT2D eigenvalue weighted by Crippen LogP contribution is 2.25. The van der Waals surface area contributed by atoms with Crippen LogP contribution < -0.4 is 5.32 Å². The second kappa shape index (κ2) is 6.31. The van der Waals surface area contributed by atoms with E-state index in [1.807, 2.05) is 19.1 Å². The van der Waals surface area contributed by atoms with Crippen LogP contribution in [0.15, 0.2) is 30.3 Å². The van der Waals surface area contributed by atoms with Gasteiger partial charge < -0.3 is 15.2 Å². The first kappa shape index (κ1) is 16.0. The van der Waals surface area contributed by atoms with Crippen molar-refractivity contribution in [2.75, 3.05) is 26.4 Å². The van der Waals surface area contributed by atoms with Crippen LogP contribution in [0, 0.1) is 12.3 Å². The molecular formula is C16H18ClN3O3. The van der Waals surface area contributed by atoms with Gasteiger partial charge in [-0.05, 0) is 31.2 Å². The van der Waals surface area contributed by atoms with Crippen LogP contribution in [0.4, 0.5) is 0 Å². The zero-order valence-electron chi connectivity index (χ0n) is 12.8. The number of aliphatic hydroxyl groups excluding tert-OH is 1. The van der Waals surface area contributed by atoms with Gasteiger partial charge in [0.05, 0.1) is 30.9 Å². The standard InChI is InChI=1S/C16H18ClN3O3/c1-11-5-14(15(22)18-7-16(8-21)9-23-10-16)19-20(11)13-4-2-3-12(17)6-13/h2-6,21H,7-10H2,1H3,(H,18,22). The third-order valence-electron chi connectivity index (χ3n) is 3.95. The van der Waals surface area contributed by atoms with Gasteiger partial charge >= 0.3 is 0 Å². The summed E-state index contributed by atoms with van der Waals surface area (Å²) in [5, 5.41) is 17.1. The molecule has 122 valence electrons. The molecule has 3 rings (SSSR count). The first-order valence-electron chi connectivity index (χ1n) is 7.32. The Morgan fingerprint density at radius 1 is 1.48 bits per heavy atom. The van der Waals surface area contributed by atoms with Crippen molar-refractivity contribution in [3.05, 3.63) is 46.7 Å². The van der Waals surface area contributed by atoms with E-state index in [2.05, 4.69) is 10.4 Å². The molecule has 1 aliphatic rings. The lowest BCUT2D eigenvalue weighted by molar-refractivity contribution is -0.133. The Kier molecular flexibility index (Phi) is 4.39. The molecule has 0 bridgehead atoms. The Morgan fingerprint density at radius 3 is 2.87 bits per heavy atom. The number of nitrogens with zero attached hydrogens (tertiary/aromatic N) is 2. The number of aliphatic hydroxyl groups is 1. The topological polar surface area (TPSA) is 76.4 Å². The molecule has 1 aromatic heterocycles. The molecule has 1 saturated heterocycles.